The van der Waals surface area contributed by atoms with Crippen molar-refractivity contribution >= 4 is 16.7 Å². The van der Waals surface area contributed by atoms with E-state index in [-0.39, 0.29) is 11.7 Å². The maximum Gasteiger partial charge on any atom is 0.174 e. The first kappa shape index (κ1) is 17.2. The molecule has 1 unspecified atom stereocenters. The number of fused-ring (bicyclic) bond motifs is 1. The average molecular weight is 351 g/mol. The van der Waals surface area contributed by atoms with Crippen molar-refractivity contribution in [2.24, 2.45) is 0 Å². The van der Waals surface area contributed by atoms with Crippen molar-refractivity contribution in [3.63, 3.8) is 0 Å². The van der Waals surface area contributed by atoms with E-state index in [2.05, 4.69) is 24.0 Å². The number of Topliss-reactive ketones (excluding diaryl/α,β-unsaturated/α-hetero) is 1. The molecule has 0 aliphatic rings. The minimum atomic E-state index is -0.382. The number of aryl methyl sites for hydroxylation is 2. The van der Waals surface area contributed by atoms with E-state index in [0.717, 1.165) is 33.2 Å². The van der Waals surface area contributed by atoms with Crippen molar-refractivity contribution in [3.05, 3.63) is 113 Å². The fraction of sp³-hybridized carbons (Fsp3) is 0.120. The number of carbonyl (C=O) groups excluding carboxylic acids is 1. The van der Waals surface area contributed by atoms with E-state index in [0.29, 0.717) is 0 Å². The van der Waals surface area contributed by atoms with Crippen molar-refractivity contribution < 1.29 is 4.79 Å². The second-order valence-electron chi connectivity index (χ2n) is 7.00. The van der Waals surface area contributed by atoms with Gasteiger partial charge in [0.2, 0.25) is 0 Å². The molecule has 0 bridgehead atoms. The van der Waals surface area contributed by atoms with Crippen LogP contribution in [0.4, 0.5) is 0 Å². The van der Waals surface area contributed by atoms with Crippen LogP contribution in [0.5, 0.6) is 0 Å². The summed E-state index contributed by atoms with van der Waals surface area (Å²) < 4.78 is 0. The van der Waals surface area contributed by atoms with Crippen LogP contribution in [0.1, 0.15) is 38.5 Å². The number of hydrogen-bond acceptors (Lipinski definition) is 2. The number of pyridine rings is 1. The number of nitrogens with zero attached hydrogens (tertiary/aromatic N) is 1. The zero-order valence-corrected chi connectivity index (χ0v) is 15.5. The van der Waals surface area contributed by atoms with Crippen LogP contribution in [0.25, 0.3) is 10.9 Å². The van der Waals surface area contributed by atoms with Gasteiger partial charge in [-0.2, -0.15) is 0 Å². The monoisotopic (exact) mass is 351 g/mol. The van der Waals surface area contributed by atoms with Gasteiger partial charge in [-0.15, -0.1) is 0 Å². The Balaban J connectivity index is 1.91. The van der Waals surface area contributed by atoms with Gasteiger partial charge in [0.25, 0.3) is 0 Å². The second-order valence-corrected chi connectivity index (χ2v) is 7.00. The van der Waals surface area contributed by atoms with Crippen molar-refractivity contribution in [2.45, 2.75) is 19.8 Å². The van der Waals surface area contributed by atoms with E-state index in [1.807, 2.05) is 73.7 Å². The van der Waals surface area contributed by atoms with Gasteiger partial charge in [0.05, 0.1) is 11.4 Å². The maximum absolute atomic E-state index is 13.6. The molecule has 1 atom stereocenters. The molecule has 2 heteroatoms. The summed E-state index contributed by atoms with van der Waals surface area (Å²) in [4.78, 5) is 18.1. The highest BCUT2D eigenvalue weighted by atomic mass is 16.1. The number of aromatic nitrogens is 1. The van der Waals surface area contributed by atoms with Crippen LogP contribution >= 0.6 is 0 Å². The zero-order valence-electron chi connectivity index (χ0n) is 15.5. The Kier molecular flexibility index (Phi) is 4.55. The molecular weight excluding hydrogens is 330 g/mol. The number of para-hydroxylation sites is 1. The molecule has 0 fully saturated rings. The SMILES string of the molecule is Cc1ccc(C(=O)C(c2ccc(C)cc2)c2cccc3cccnc23)cc1. The number of hydrogen-bond donors (Lipinski definition) is 0. The van der Waals surface area contributed by atoms with Gasteiger partial charge in [0.15, 0.2) is 5.78 Å². The molecule has 0 saturated carbocycles. The number of benzene rings is 3. The predicted molar refractivity (Wildman–Crippen MR) is 110 cm³/mol. The topological polar surface area (TPSA) is 30.0 Å². The van der Waals surface area contributed by atoms with Crippen LogP contribution in [0, 0.1) is 13.8 Å². The van der Waals surface area contributed by atoms with E-state index in [1.54, 1.807) is 6.20 Å². The molecule has 0 aliphatic carbocycles. The molecule has 0 saturated heterocycles. The molecule has 2 nitrogen and oxygen atoms in total. The first-order chi connectivity index (χ1) is 13.1. The molecule has 4 rings (SSSR count). The summed E-state index contributed by atoms with van der Waals surface area (Å²) in [5.74, 6) is -0.288. The summed E-state index contributed by atoms with van der Waals surface area (Å²) in [6, 6.07) is 26.0. The lowest BCUT2D eigenvalue weighted by Gasteiger charge is -2.19. The van der Waals surface area contributed by atoms with E-state index in [4.69, 9.17) is 0 Å². The predicted octanol–water partition coefficient (Wildman–Crippen LogP) is 5.87. The van der Waals surface area contributed by atoms with E-state index in [9.17, 15) is 4.79 Å². The molecule has 1 heterocycles. The summed E-state index contributed by atoms with van der Waals surface area (Å²) in [6.07, 6.45) is 1.79. The van der Waals surface area contributed by atoms with Crippen LogP contribution in [0.2, 0.25) is 0 Å². The van der Waals surface area contributed by atoms with Crippen molar-refractivity contribution in [1.29, 1.82) is 0 Å². The first-order valence-corrected chi connectivity index (χ1v) is 9.14. The largest absolute Gasteiger partial charge is 0.293 e. The lowest BCUT2D eigenvalue weighted by atomic mass is 9.83. The van der Waals surface area contributed by atoms with Crippen molar-refractivity contribution in [3.8, 4) is 0 Å². The van der Waals surface area contributed by atoms with Gasteiger partial charge < -0.3 is 0 Å². The van der Waals surface area contributed by atoms with Gasteiger partial charge in [0, 0.05) is 17.1 Å². The third kappa shape index (κ3) is 3.39. The second kappa shape index (κ2) is 7.16. The zero-order chi connectivity index (χ0) is 18.8. The fourth-order valence-corrected chi connectivity index (χ4v) is 3.48. The molecule has 3 aromatic carbocycles. The Labute approximate surface area is 159 Å². The summed E-state index contributed by atoms with van der Waals surface area (Å²) in [6.45, 7) is 4.08. The Morgan fingerprint density at radius 1 is 0.778 bits per heavy atom. The molecule has 0 spiro atoms. The molecule has 0 radical (unpaired) electrons. The molecule has 0 amide bonds. The molecule has 4 aromatic rings. The minimum absolute atomic E-state index is 0.0945. The lowest BCUT2D eigenvalue weighted by molar-refractivity contribution is 0.0974. The Morgan fingerprint density at radius 2 is 1.41 bits per heavy atom. The third-order valence-electron chi connectivity index (χ3n) is 4.98. The lowest BCUT2D eigenvalue weighted by Crippen LogP contribution is -2.15. The quantitative estimate of drug-likeness (QED) is 0.431. The van der Waals surface area contributed by atoms with Crippen molar-refractivity contribution in [1.82, 2.24) is 4.98 Å². The smallest absolute Gasteiger partial charge is 0.174 e. The normalized spacial score (nSPS) is 12.1. The summed E-state index contributed by atoms with van der Waals surface area (Å²) >= 11 is 0. The fourth-order valence-electron chi connectivity index (χ4n) is 3.48. The number of ketones is 1. The molecule has 132 valence electrons. The molecule has 0 aliphatic heterocycles. The highest BCUT2D eigenvalue weighted by Crippen LogP contribution is 2.33. The molecule has 27 heavy (non-hydrogen) atoms. The highest BCUT2D eigenvalue weighted by molar-refractivity contribution is 6.05. The van der Waals surface area contributed by atoms with Crippen LogP contribution in [-0.2, 0) is 0 Å². The summed E-state index contributed by atoms with van der Waals surface area (Å²) in [5.41, 5.74) is 5.86. The van der Waals surface area contributed by atoms with E-state index < -0.39 is 0 Å². The Bertz CT molecular complexity index is 1090. The van der Waals surface area contributed by atoms with Crippen LogP contribution in [0.15, 0.2) is 85.1 Å². The third-order valence-corrected chi connectivity index (χ3v) is 4.98. The summed E-state index contributed by atoms with van der Waals surface area (Å²) in [5, 5.41) is 1.05. The van der Waals surface area contributed by atoms with Gasteiger partial charge >= 0.3 is 0 Å². The van der Waals surface area contributed by atoms with Crippen LogP contribution in [0.3, 0.4) is 0 Å². The average Bonchev–Trinajstić information content (AvgIpc) is 2.70. The van der Waals surface area contributed by atoms with E-state index in [1.165, 1.54) is 5.56 Å². The van der Waals surface area contributed by atoms with Crippen molar-refractivity contribution in [2.75, 3.05) is 0 Å². The van der Waals surface area contributed by atoms with Gasteiger partial charge in [0.1, 0.15) is 0 Å². The van der Waals surface area contributed by atoms with Crippen LogP contribution in [-0.4, -0.2) is 10.8 Å². The van der Waals surface area contributed by atoms with Gasteiger partial charge in [-0.25, -0.2) is 0 Å². The van der Waals surface area contributed by atoms with Gasteiger partial charge in [-0.05, 0) is 31.0 Å². The standard InChI is InChI=1S/C25H21NO/c1-17-8-12-19(13-9-17)23(25(27)21-14-10-18(2)11-15-21)22-7-3-5-20-6-4-16-26-24(20)22/h3-16,23H,1-2H3. The number of rotatable bonds is 4. The first-order valence-electron chi connectivity index (χ1n) is 9.14. The molecule has 0 N–H and O–H groups in total. The minimum Gasteiger partial charge on any atom is -0.293 e. The number of carbonyl (C=O) groups is 1. The molecule has 1 aromatic heterocycles. The van der Waals surface area contributed by atoms with Crippen LogP contribution < -0.4 is 0 Å². The Hall–Kier alpha value is -3.26. The van der Waals surface area contributed by atoms with E-state index >= 15 is 0 Å². The molecular formula is C25H21NO. The van der Waals surface area contributed by atoms with Gasteiger partial charge in [-0.3, -0.25) is 9.78 Å². The Morgan fingerprint density at radius 3 is 2.11 bits per heavy atom. The van der Waals surface area contributed by atoms with Gasteiger partial charge in [-0.1, -0.05) is 83.9 Å². The maximum atomic E-state index is 13.6. The summed E-state index contributed by atoms with van der Waals surface area (Å²) in [7, 11) is 0. The highest BCUT2D eigenvalue weighted by Gasteiger charge is 2.26.